The predicted octanol–water partition coefficient (Wildman–Crippen LogP) is 5.37. The van der Waals surface area contributed by atoms with E-state index < -0.39 is 9.84 Å². The summed E-state index contributed by atoms with van der Waals surface area (Å²) in [4.78, 5) is 0. The van der Waals surface area contributed by atoms with Crippen molar-refractivity contribution in [1.29, 1.82) is 0 Å². The zero-order valence-electron chi connectivity index (χ0n) is 14.2. The Morgan fingerprint density at radius 3 is 1.50 bits per heavy atom. The molecule has 0 atom stereocenters. The van der Waals surface area contributed by atoms with Crippen LogP contribution in [-0.2, 0) is 9.84 Å². The van der Waals surface area contributed by atoms with Crippen molar-refractivity contribution in [2.75, 3.05) is 11.5 Å². The van der Waals surface area contributed by atoms with E-state index in [9.17, 15) is 8.42 Å². The minimum absolute atomic E-state index is 0.114. The lowest BCUT2D eigenvalue weighted by Crippen LogP contribution is -2.22. The molecule has 0 radical (unpaired) electrons. The van der Waals surface area contributed by atoms with Gasteiger partial charge >= 0.3 is 0 Å². The fourth-order valence-corrected chi connectivity index (χ4v) is 4.65. The van der Waals surface area contributed by atoms with Crippen molar-refractivity contribution in [3.05, 3.63) is 0 Å². The van der Waals surface area contributed by atoms with Gasteiger partial charge in [0.05, 0.1) is 11.5 Å². The molecule has 122 valence electrons. The third kappa shape index (κ3) is 14.4. The summed E-state index contributed by atoms with van der Waals surface area (Å²) in [6.07, 6.45) is 12.5. The molecule has 2 nitrogen and oxygen atoms in total. The van der Waals surface area contributed by atoms with Crippen LogP contribution >= 0.6 is 0 Å². The van der Waals surface area contributed by atoms with E-state index in [0.29, 0.717) is 11.5 Å². The van der Waals surface area contributed by atoms with E-state index in [0.717, 1.165) is 12.8 Å². The molecular formula is C17H36O2S. The van der Waals surface area contributed by atoms with Crippen LogP contribution in [0.3, 0.4) is 0 Å². The van der Waals surface area contributed by atoms with Gasteiger partial charge < -0.3 is 0 Å². The van der Waals surface area contributed by atoms with Crippen molar-refractivity contribution >= 4 is 9.84 Å². The summed E-state index contributed by atoms with van der Waals surface area (Å²) < 4.78 is 23.8. The van der Waals surface area contributed by atoms with E-state index in [1.807, 2.05) is 20.8 Å². The van der Waals surface area contributed by atoms with E-state index in [-0.39, 0.29) is 5.41 Å². The predicted molar refractivity (Wildman–Crippen MR) is 90.0 cm³/mol. The molecule has 0 aliphatic rings. The minimum atomic E-state index is -2.85. The van der Waals surface area contributed by atoms with Crippen LogP contribution < -0.4 is 0 Å². The zero-order valence-corrected chi connectivity index (χ0v) is 15.0. The topological polar surface area (TPSA) is 34.1 Å². The van der Waals surface area contributed by atoms with Gasteiger partial charge in [0.25, 0.3) is 0 Å². The van der Waals surface area contributed by atoms with E-state index in [1.54, 1.807) is 0 Å². The van der Waals surface area contributed by atoms with Crippen LogP contribution in [0.4, 0.5) is 0 Å². The first-order valence-corrected chi connectivity index (χ1v) is 10.3. The number of hydrogen-bond donors (Lipinski definition) is 0. The highest BCUT2D eigenvalue weighted by Crippen LogP contribution is 2.18. The van der Waals surface area contributed by atoms with Gasteiger partial charge in [-0.3, -0.25) is 0 Å². The molecule has 0 spiro atoms. The number of hydrogen-bond acceptors (Lipinski definition) is 2. The molecule has 0 rings (SSSR count). The molecule has 0 heterocycles. The van der Waals surface area contributed by atoms with Crippen LogP contribution in [-0.4, -0.2) is 19.9 Å². The number of unbranched alkanes of at least 4 members (excludes halogenated alkanes) is 9. The summed E-state index contributed by atoms with van der Waals surface area (Å²) in [6.45, 7) is 8.21. The molecule has 0 saturated carbocycles. The second-order valence-electron chi connectivity index (χ2n) is 7.33. The fraction of sp³-hybridized carbons (Fsp3) is 1.00. The lowest BCUT2D eigenvalue weighted by molar-refractivity contribution is 0.461. The van der Waals surface area contributed by atoms with E-state index in [2.05, 4.69) is 6.92 Å². The molecule has 20 heavy (non-hydrogen) atoms. The first-order valence-electron chi connectivity index (χ1n) is 8.47. The molecule has 0 aromatic rings. The van der Waals surface area contributed by atoms with Crippen LogP contribution in [0, 0.1) is 5.41 Å². The quantitative estimate of drug-likeness (QED) is 0.454. The molecule has 0 aliphatic carbocycles. The molecule has 0 bridgehead atoms. The summed E-state index contributed by atoms with van der Waals surface area (Å²) >= 11 is 0. The maximum absolute atomic E-state index is 11.9. The maximum atomic E-state index is 11.9. The van der Waals surface area contributed by atoms with Gasteiger partial charge in [-0.15, -0.1) is 0 Å². The molecule has 0 aliphatic heterocycles. The molecular weight excluding hydrogens is 268 g/mol. The molecule has 0 aromatic carbocycles. The third-order valence-electron chi connectivity index (χ3n) is 3.46. The highest BCUT2D eigenvalue weighted by Gasteiger charge is 2.20. The Morgan fingerprint density at radius 2 is 1.10 bits per heavy atom. The standard InChI is InChI=1S/C17H36O2S/c1-5-6-7-8-9-10-11-12-13-14-15-20(18,19)16-17(2,3)4/h5-16H2,1-4H3. The molecule has 0 amide bonds. The molecule has 0 aromatic heterocycles. The lowest BCUT2D eigenvalue weighted by Gasteiger charge is -2.17. The van der Waals surface area contributed by atoms with Gasteiger partial charge in [0.15, 0.2) is 9.84 Å². The van der Waals surface area contributed by atoms with Crippen LogP contribution in [0.1, 0.15) is 91.9 Å². The van der Waals surface area contributed by atoms with Gasteiger partial charge in [-0.25, -0.2) is 8.42 Å². The Labute approximate surface area is 127 Å². The first kappa shape index (κ1) is 19.9. The molecule has 3 heteroatoms. The molecule has 0 fully saturated rings. The maximum Gasteiger partial charge on any atom is 0.150 e. The Morgan fingerprint density at radius 1 is 0.700 bits per heavy atom. The summed E-state index contributed by atoms with van der Waals surface area (Å²) in [7, 11) is -2.85. The third-order valence-corrected chi connectivity index (χ3v) is 5.68. The normalized spacial score (nSPS) is 12.8. The summed E-state index contributed by atoms with van der Waals surface area (Å²) in [5.41, 5.74) is -0.114. The average Bonchev–Trinajstić information content (AvgIpc) is 2.28. The summed E-state index contributed by atoms with van der Waals surface area (Å²) in [5, 5.41) is 0. The lowest BCUT2D eigenvalue weighted by atomic mass is 10.0. The monoisotopic (exact) mass is 304 g/mol. The molecule has 0 unspecified atom stereocenters. The second-order valence-corrected chi connectivity index (χ2v) is 9.52. The van der Waals surface area contributed by atoms with Crippen LogP contribution in [0.15, 0.2) is 0 Å². The van der Waals surface area contributed by atoms with Gasteiger partial charge in [0, 0.05) is 0 Å². The number of rotatable bonds is 12. The first-order chi connectivity index (χ1) is 9.27. The Kier molecular flexibility index (Phi) is 10.6. The van der Waals surface area contributed by atoms with Crippen LogP contribution in [0.25, 0.3) is 0 Å². The fourth-order valence-electron chi connectivity index (χ4n) is 2.54. The van der Waals surface area contributed by atoms with Gasteiger partial charge in [-0.05, 0) is 11.8 Å². The smallest absolute Gasteiger partial charge is 0.150 e. The SMILES string of the molecule is CCCCCCCCCCCCS(=O)(=O)CC(C)(C)C. The van der Waals surface area contributed by atoms with Gasteiger partial charge in [0.2, 0.25) is 0 Å². The second kappa shape index (κ2) is 10.6. The largest absolute Gasteiger partial charge is 0.229 e. The van der Waals surface area contributed by atoms with Crippen molar-refractivity contribution < 1.29 is 8.42 Å². The van der Waals surface area contributed by atoms with Crippen molar-refractivity contribution in [2.45, 2.75) is 91.9 Å². The van der Waals surface area contributed by atoms with E-state index in [1.165, 1.54) is 51.4 Å². The van der Waals surface area contributed by atoms with Gasteiger partial charge in [0.1, 0.15) is 0 Å². The van der Waals surface area contributed by atoms with E-state index >= 15 is 0 Å². The minimum Gasteiger partial charge on any atom is -0.229 e. The number of sulfone groups is 1. The summed E-state index contributed by atoms with van der Waals surface area (Å²) in [5.74, 6) is 0.693. The Hall–Kier alpha value is -0.0500. The molecule has 0 N–H and O–H groups in total. The highest BCUT2D eigenvalue weighted by molar-refractivity contribution is 7.91. The highest BCUT2D eigenvalue weighted by atomic mass is 32.2. The van der Waals surface area contributed by atoms with Crippen molar-refractivity contribution in [2.24, 2.45) is 5.41 Å². The van der Waals surface area contributed by atoms with Gasteiger partial charge in [-0.1, -0.05) is 85.5 Å². The molecule has 0 saturated heterocycles. The average molecular weight is 305 g/mol. The van der Waals surface area contributed by atoms with Crippen molar-refractivity contribution in [3.63, 3.8) is 0 Å². The van der Waals surface area contributed by atoms with E-state index in [4.69, 9.17) is 0 Å². The van der Waals surface area contributed by atoms with Crippen LogP contribution in [0.2, 0.25) is 0 Å². The van der Waals surface area contributed by atoms with Crippen LogP contribution in [0.5, 0.6) is 0 Å². The zero-order chi connectivity index (χ0) is 15.5. The summed E-state index contributed by atoms with van der Waals surface area (Å²) in [6, 6.07) is 0. The Bertz CT molecular complexity index is 312. The van der Waals surface area contributed by atoms with Gasteiger partial charge in [-0.2, -0.15) is 0 Å². The van der Waals surface area contributed by atoms with Crippen molar-refractivity contribution in [1.82, 2.24) is 0 Å². The van der Waals surface area contributed by atoms with Crippen molar-refractivity contribution in [3.8, 4) is 0 Å². The Balaban J connectivity index is 3.44.